The normalized spacial score (nSPS) is 39.4. The highest BCUT2D eigenvalue weighted by Crippen LogP contribution is 2.45. The summed E-state index contributed by atoms with van der Waals surface area (Å²) in [6.07, 6.45) is 11.8. The van der Waals surface area contributed by atoms with Gasteiger partial charge < -0.3 is 35.4 Å². The molecule has 2 aliphatic carbocycles. The minimum atomic E-state index is -1.39. The number of hydrogen-bond acceptors (Lipinski definition) is 11. The van der Waals surface area contributed by atoms with Crippen LogP contribution >= 0.6 is 11.8 Å². The molecule has 0 spiro atoms. The Labute approximate surface area is 299 Å². The van der Waals surface area contributed by atoms with Crippen molar-refractivity contribution in [3.63, 3.8) is 0 Å². The smallest absolute Gasteiger partial charge is 0.408 e. The van der Waals surface area contributed by atoms with Gasteiger partial charge in [-0.05, 0) is 84.5 Å². The Hall–Kier alpha value is -2.43. The molecule has 3 amide bonds. The molecule has 14 nitrogen and oxygen atoms in total. The van der Waals surface area contributed by atoms with Crippen molar-refractivity contribution in [2.75, 3.05) is 26.0 Å². The van der Waals surface area contributed by atoms with Gasteiger partial charge in [-0.25, -0.2) is 20.4 Å². The van der Waals surface area contributed by atoms with E-state index in [1.54, 1.807) is 32.8 Å². The van der Waals surface area contributed by atoms with Crippen LogP contribution in [0.25, 0.3) is 0 Å². The number of hydrazine groups is 2. The summed E-state index contributed by atoms with van der Waals surface area (Å²) in [5.41, 5.74) is 5.39. The van der Waals surface area contributed by atoms with Gasteiger partial charge in [-0.3, -0.25) is 9.59 Å². The van der Waals surface area contributed by atoms with Gasteiger partial charge in [0.25, 0.3) is 0 Å². The summed E-state index contributed by atoms with van der Waals surface area (Å²) < 4.78 is 11.2. The topological polar surface area (TPSA) is 174 Å². The van der Waals surface area contributed by atoms with E-state index < -0.39 is 41.2 Å². The van der Waals surface area contributed by atoms with Gasteiger partial charge in [0.2, 0.25) is 11.8 Å². The molecule has 6 rings (SSSR count). The first kappa shape index (κ1) is 37.3. The number of allylic oxidation sites excluding steroid dienone is 1. The maximum Gasteiger partial charge on any atom is 0.408 e. The standard InChI is InChI=1S/C35H57N7O7S/c1-34(2,3)49-33(47)37-25-11-9-7-5-6-8-10-22-19-35(22,32(45)46)38-29(43)26-18-23(20-41(26)31(25)44)42-39-27(21-12-14-24(48-4)15-13-21)28(40-42)30-36-16-17-50-30/h8,10,21-28,30,36,39-40H,5-7,9,11-20H2,1-4H3,(H,37,47)(H,38,43)(H,45,46)/b10-8-/t21?,22-,23+,24?,25+,26+,27?,28?,30?,35-/m1/s1. The summed E-state index contributed by atoms with van der Waals surface area (Å²) in [6, 6.07) is -1.84. The van der Waals surface area contributed by atoms with Crippen LogP contribution in [0.1, 0.15) is 91.4 Å². The van der Waals surface area contributed by atoms with Crippen LogP contribution in [-0.2, 0) is 23.9 Å². The van der Waals surface area contributed by atoms with E-state index >= 15 is 0 Å². The highest BCUT2D eigenvalue weighted by Gasteiger charge is 2.61. The number of ether oxygens (including phenoxy) is 2. The van der Waals surface area contributed by atoms with Crippen LogP contribution in [0.15, 0.2) is 12.2 Å². The Kier molecular flexibility index (Phi) is 11.7. The summed E-state index contributed by atoms with van der Waals surface area (Å²) in [5, 5.41) is 21.8. The van der Waals surface area contributed by atoms with Gasteiger partial charge in [0, 0.05) is 37.9 Å². The lowest BCUT2D eigenvalue weighted by molar-refractivity contribution is -0.145. The number of rotatable bonds is 6. The van der Waals surface area contributed by atoms with Crippen LogP contribution in [0.3, 0.4) is 0 Å². The van der Waals surface area contributed by atoms with Crippen molar-refractivity contribution in [3.05, 3.63) is 12.2 Å². The maximum atomic E-state index is 14.5. The average Bonchev–Trinajstić information content (AvgIpc) is 3.52. The highest BCUT2D eigenvalue weighted by molar-refractivity contribution is 8.00. The van der Waals surface area contributed by atoms with Gasteiger partial charge in [0.15, 0.2) is 0 Å². The number of fused-ring (bicyclic) bond motifs is 2. The van der Waals surface area contributed by atoms with Crippen molar-refractivity contribution in [3.8, 4) is 0 Å². The first-order valence-corrected chi connectivity index (χ1v) is 19.6. The fourth-order valence-corrected chi connectivity index (χ4v) is 9.62. The second-order valence-corrected chi connectivity index (χ2v) is 17.2. The lowest BCUT2D eigenvalue weighted by atomic mass is 9.80. The first-order chi connectivity index (χ1) is 23.9. The number of carbonyl (C=O) groups is 4. The predicted molar refractivity (Wildman–Crippen MR) is 189 cm³/mol. The van der Waals surface area contributed by atoms with Gasteiger partial charge in [-0.15, -0.1) is 11.8 Å². The molecule has 0 aromatic heterocycles. The van der Waals surface area contributed by atoms with Crippen LogP contribution in [0.5, 0.6) is 0 Å². The van der Waals surface area contributed by atoms with Crippen LogP contribution in [0.2, 0.25) is 0 Å². The van der Waals surface area contributed by atoms with Gasteiger partial charge in [-0.2, -0.15) is 5.12 Å². The summed E-state index contributed by atoms with van der Waals surface area (Å²) >= 11 is 1.91. The molecule has 0 aromatic carbocycles. The molecule has 6 aliphatic rings. The number of alkyl carbamates (subject to hydrolysis) is 1. The summed E-state index contributed by atoms with van der Waals surface area (Å²) in [7, 11) is 1.78. The molecule has 3 unspecified atom stereocenters. The molecule has 5 fully saturated rings. The number of nitrogens with zero attached hydrogens (tertiary/aromatic N) is 2. The van der Waals surface area contributed by atoms with Crippen LogP contribution < -0.4 is 26.8 Å². The predicted octanol–water partition coefficient (Wildman–Crippen LogP) is 2.26. The molecule has 6 N–H and O–H groups in total. The number of thioether (sulfide) groups is 1. The van der Waals surface area contributed by atoms with Gasteiger partial charge in [-0.1, -0.05) is 25.0 Å². The second kappa shape index (κ2) is 15.7. The summed E-state index contributed by atoms with van der Waals surface area (Å²) in [5.74, 6) is -0.746. The van der Waals surface area contributed by atoms with E-state index in [9.17, 15) is 24.3 Å². The number of amides is 3. The molecule has 0 aromatic rings. The Morgan fingerprint density at radius 1 is 1.06 bits per heavy atom. The molecule has 2 saturated carbocycles. The van der Waals surface area contributed by atoms with E-state index in [2.05, 4.69) is 26.8 Å². The van der Waals surface area contributed by atoms with Crippen molar-refractivity contribution in [2.24, 2.45) is 11.8 Å². The number of hydrogen-bond donors (Lipinski definition) is 6. The van der Waals surface area contributed by atoms with E-state index in [4.69, 9.17) is 9.47 Å². The molecule has 3 saturated heterocycles. The zero-order valence-electron chi connectivity index (χ0n) is 29.9. The summed E-state index contributed by atoms with van der Waals surface area (Å²) in [6.45, 7) is 6.48. The Balaban J connectivity index is 1.25. The molecule has 50 heavy (non-hydrogen) atoms. The zero-order valence-corrected chi connectivity index (χ0v) is 30.8. The number of nitrogens with one attached hydrogen (secondary N) is 5. The third kappa shape index (κ3) is 8.44. The molecule has 4 heterocycles. The number of carbonyl (C=O) groups excluding carboxylic acids is 3. The lowest BCUT2D eigenvalue weighted by Crippen LogP contribution is -2.56. The first-order valence-electron chi connectivity index (χ1n) is 18.6. The minimum Gasteiger partial charge on any atom is -0.479 e. The van der Waals surface area contributed by atoms with E-state index in [1.165, 1.54) is 0 Å². The van der Waals surface area contributed by atoms with Crippen molar-refractivity contribution in [2.45, 2.75) is 144 Å². The number of carboxylic acid groups (broad SMARTS) is 1. The van der Waals surface area contributed by atoms with Gasteiger partial charge in [0.05, 0.1) is 23.6 Å². The van der Waals surface area contributed by atoms with Crippen molar-refractivity contribution < 1.29 is 33.8 Å². The molecule has 4 aliphatic heterocycles. The van der Waals surface area contributed by atoms with Crippen molar-refractivity contribution in [1.29, 1.82) is 0 Å². The van der Waals surface area contributed by atoms with E-state index in [1.807, 2.05) is 29.0 Å². The molecular weight excluding hydrogens is 662 g/mol. The molecule has 15 heteroatoms. The highest BCUT2D eigenvalue weighted by atomic mass is 32.2. The SMILES string of the molecule is COC1CCC(C2NN([C@H]3C[C@H]4C(=O)N[C@]5(C(=O)O)C[C@H]5/C=C\CCCCC[C@H](NC(=O)OC(C)(C)C)C(=O)N4C3)NC2C2NCCS2)CC1. The van der Waals surface area contributed by atoms with Crippen molar-refractivity contribution >= 4 is 35.6 Å². The molecule has 0 radical (unpaired) electrons. The Morgan fingerprint density at radius 3 is 2.50 bits per heavy atom. The van der Waals surface area contributed by atoms with Crippen LogP contribution in [0, 0.1) is 11.8 Å². The molecule has 8 atom stereocenters. The number of carboxylic acids is 1. The van der Waals surface area contributed by atoms with Gasteiger partial charge >= 0.3 is 12.1 Å². The number of aliphatic carboxylic acids is 1. The monoisotopic (exact) mass is 719 g/mol. The summed E-state index contributed by atoms with van der Waals surface area (Å²) in [4.78, 5) is 55.7. The Bertz CT molecular complexity index is 1280. The zero-order chi connectivity index (χ0) is 35.6. The molecule has 280 valence electrons. The maximum absolute atomic E-state index is 14.5. The fraction of sp³-hybridized carbons (Fsp3) is 0.829. The Morgan fingerprint density at radius 2 is 1.82 bits per heavy atom. The minimum absolute atomic E-state index is 0.102. The third-order valence-electron chi connectivity index (χ3n) is 11.3. The van der Waals surface area contributed by atoms with Crippen LogP contribution in [0.4, 0.5) is 4.79 Å². The fourth-order valence-electron chi connectivity index (χ4n) is 8.46. The van der Waals surface area contributed by atoms with E-state index in [-0.39, 0.29) is 48.0 Å². The molecule has 0 bridgehead atoms. The van der Waals surface area contributed by atoms with Gasteiger partial charge in [0.1, 0.15) is 23.2 Å². The lowest BCUT2D eigenvalue weighted by Gasteiger charge is -2.35. The molecular formula is C35H57N7O7S. The number of methoxy groups -OCH3 is 1. The average molecular weight is 720 g/mol. The van der Waals surface area contributed by atoms with Crippen LogP contribution in [-0.4, -0.2) is 118 Å². The third-order valence-corrected chi connectivity index (χ3v) is 12.5. The van der Waals surface area contributed by atoms with E-state index in [0.29, 0.717) is 31.6 Å². The largest absolute Gasteiger partial charge is 0.479 e. The quantitative estimate of drug-likeness (QED) is 0.222. The second-order valence-electron chi connectivity index (χ2n) is 15.9. The van der Waals surface area contributed by atoms with E-state index in [0.717, 1.165) is 57.2 Å². The van der Waals surface area contributed by atoms with Crippen molar-refractivity contribution in [1.82, 2.24) is 36.8 Å².